The monoisotopic (exact) mass is 202 g/mol. The Labute approximate surface area is 83.9 Å². The van der Waals surface area contributed by atoms with Crippen molar-refractivity contribution in [3.8, 4) is 0 Å². The van der Waals surface area contributed by atoms with Crippen LogP contribution in [0.2, 0.25) is 0 Å². The zero-order valence-corrected chi connectivity index (χ0v) is 9.05. The molecule has 0 fully saturated rings. The van der Waals surface area contributed by atoms with Gasteiger partial charge in [-0.05, 0) is 27.7 Å². The lowest BCUT2D eigenvalue weighted by atomic mass is 10.1. The van der Waals surface area contributed by atoms with Crippen molar-refractivity contribution in [1.29, 1.82) is 0 Å². The molecule has 0 saturated carbocycles. The highest BCUT2D eigenvalue weighted by molar-refractivity contribution is 6.35. The smallest absolute Gasteiger partial charge is 0.309 e. The van der Waals surface area contributed by atoms with Crippen LogP contribution in [0, 0.1) is 0 Å². The Morgan fingerprint density at radius 1 is 1.29 bits per heavy atom. The lowest BCUT2D eigenvalue weighted by Crippen LogP contribution is -2.46. The first kappa shape index (κ1) is 12.9. The van der Waals surface area contributed by atoms with Gasteiger partial charge in [0.1, 0.15) is 0 Å². The topological polar surface area (TPSA) is 78.4 Å². The number of amides is 2. The van der Waals surface area contributed by atoms with Crippen molar-refractivity contribution in [2.75, 3.05) is 6.54 Å². The first-order valence-electron chi connectivity index (χ1n) is 4.53. The molecule has 0 aromatic heterocycles. The number of carbonyl (C=O) groups excluding carboxylic acids is 2. The average Bonchev–Trinajstić information content (AvgIpc) is 1.97. The molecule has 0 saturated heterocycles. The molecule has 3 N–H and O–H groups in total. The maximum atomic E-state index is 11.1. The van der Waals surface area contributed by atoms with E-state index in [-0.39, 0.29) is 12.6 Å². The fourth-order valence-electron chi connectivity index (χ4n) is 0.705. The molecule has 5 nitrogen and oxygen atoms in total. The van der Waals surface area contributed by atoms with E-state index in [1.807, 2.05) is 0 Å². The molecule has 0 rings (SSSR count). The Morgan fingerprint density at radius 2 is 1.79 bits per heavy atom. The maximum Gasteiger partial charge on any atom is 0.309 e. The summed E-state index contributed by atoms with van der Waals surface area (Å²) in [5.41, 5.74) is -1.01. The molecule has 2 amide bonds. The van der Waals surface area contributed by atoms with Gasteiger partial charge in [0.25, 0.3) is 0 Å². The minimum atomic E-state index is -1.01. The van der Waals surface area contributed by atoms with Crippen LogP contribution >= 0.6 is 0 Å². The van der Waals surface area contributed by atoms with E-state index < -0.39 is 17.4 Å². The van der Waals surface area contributed by atoms with E-state index in [2.05, 4.69) is 10.6 Å². The standard InChI is InChI=1S/C9H18N2O3/c1-6(2)11-8(13)7(12)10-5-9(3,4)14/h6,14H,5H2,1-4H3,(H,10,12)(H,11,13). The third-order valence-electron chi connectivity index (χ3n) is 1.31. The Balaban J connectivity index is 3.92. The molecule has 0 aliphatic carbocycles. The summed E-state index contributed by atoms with van der Waals surface area (Å²) in [6, 6.07) is -0.0737. The molecule has 0 aliphatic heterocycles. The van der Waals surface area contributed by atoms with Crippen molar-refractivity contribution in [3.63, 3.8) is 0 Å². The summed E-state index contributed by atoms with van der Waals surface area (Å²) in [6.07, 6.45) is 0. The van der Waals surface area contributed by atoms with Crippen LogP contribution < -0.4 is 10.6 Å². The van der Waals surface area contributed by atoms with Crippen molar-refractivity contribution in [3.05, 3.63) is 0 Å². The largest absolute Gasteiger partial charge is 0.389 e. The number of hydrogen-bond donors (Lipinski definition) is 3. The summed E-state index contributed by atoms with van der Waals surface area (Å²) in [7, 11) is 0. The summed E-state index contributed by atoms with van der Waals surface area (Å²) in [5, 5.41) is 14.1. The van der Waals surface area contributed by atoms with Gasteiger partial charge < -0.3 is 15.7 Å². The third kappa shape index (κ3) is 6.42. The molecule has 0 aromatic rings. The zero-order chi connectivity index (χ0) is 11.4. The third-order valence-corrected chi connectivity index (χ3v) is 1.31. The van der Waals surface area contributed by atoms with Gasteiger partial charge in [-0.1, -0.05) is 0 Å². The zero-order valence-electron chi connectivity index (χ0n) is 9.05. The number of carbonyl (C=O) groups is 2. The van der Waals surface area contributed by atoms with Gasteiger partial charge in [0.15, 0.2) is 0 Å². The molecule has 0 heterocycles. The molecule has 14 heavy (non-hydrogen) atoms. The van der Waals surface area contributed by atoms with Gasteiger partial charge >= 0.3 is 11.8 Å². The Hall–Kier alpha value is -1.10. The van der Waals surface area contributed by atoms with Crippen LogP contribution in [0.4, 0.5) is 0 Å². The summed E-state index contributed by atoms with van der Waals surface area (Å²) >= 11 is 0. The molecule has 0 aliphatic rings. The van der Waals surface area contributed by atoms with Crippen molar-refractivity contribution < 1.29 is 14.7 Å². The minimum absolute atomic E-state index is 0.0529. The van der Waals surface area contributed by atoms with Crippen molar-refractivity contribution in [2.45, 2.75) is 39.3 Å². The fraction of sp³-hybridized carbons (Fsp3) is 0.778. The maximum absolute atomic E-state index is 11.1. The SMILES string of the molecule is CC(C)NC(=O)C(=O)NCC(C)(C)O. The van der Waals surface area contributed by atoms with E-state index in [1.165, 1.54) is 0 Å². The number of aliphatic hydroxyl groups is 1. The lowest BCUT2D eigenvalue weighted by molar-refractivity contribution is -0.140. The van der Waals surface area contributed by atoms with E-state index in [4.69, 9.17) is 0 Å². The predicted molar refractivity (Wildman–Crippen MR) is 52.6 cm³/mol. The lowest BCUT2D eigenvalue weighted by Gasteiger charge is -2.17. The Kier molecular flexibility index (Phi) is 4.56. The Bertz CT molecular complexity index is 219. The van der Waals surface area contributed by atoms with E-state index in [0.29, 0.717) is 0 Å². The van der Waals surface area contributed by atoms with Gasteiger partial charge in [-0.2, -0.15) is 0 Å². The van der Waals surface area contributed by atoms with E-state index in [1.54, 1.807) is 27.7 Å². The van der Waals surface area contributed by atoms with Gasteiger partial charge in [-0.25, -0.2) is 0 Å². The molecular weight excluding hydrogens is 184 g/mol. The average molecular weight is 202 g/mol. The van der Waals surface area contributed by atoms with E-state index in [9.17, 15) is 14.7 Å². The van der Waals surface area contributed by atoms with Crippen LogP contribution in [0.1, 0.15) is 27.7 Å². The summed E-state index contributed by atoms with van der Waals surface area (Å²) in [6.45, 7) is 6.68. The highest BCUT2D eigenvalue weighted by Gasteiger charge is 2.18. The second-order valence-electron chi connectivity index (χ2n) is 4.12. The first-order valence-corrected chi connectivity index (χ1v) is 4.53. The van der Waals surface area contributed by atoms with Crippen LogP contribution in [0.5, 0.6) is 0 Å². The van der Waals surface area contributed by atoms with Gasteiger partial charge in [0.05, 0.1) is 5.60 Å². The summed E-state index contributed by atoms with van der Waals surface area (Å²) in [5.74, 6) is -1.40. The molecule has 0 radical (unpaired) electrons. The normalized spacial score (nSPS) is 11.3. The van der Waals surface area contributed by atoms with E-state index >= 15 is 0 Å². The van der Waals surface area contributed by atoms with Crippen molar-refractivity contribution >= 4 is 11.8 Å². The second-order valence-corrected chi connectivity index (χ2v) is 4.12. The summed E-state index contributed by atoms with van der Waals surface area (Å²) < 4.78 is 0. The first-order chi connectivity index (χ1) is 6.22. The molecule has 0 bridgehead atoms. The van der Waals surface area contributed by atoms with Gasteiger partial charge in [-0.15, -0.1) is 0 Å². The van der Waals surface area contributed by atoms with Crippen LogP contribution in [-0.4, -0.2) is 35.1 Å². The van der Waals surface area contributed by atoms with Crippen LogP contribution in [0.3, 0.4) is 0 Å². The molecule has 0 aromatic carbocycles. The molecule has 82 valence electrons. The number of nitrogens with one attached hydrogen (secondary N) is 2. The van der Waals surface area contributed by atoms with Crippen LogP contribution in [-0.2, 0) is 9.59 Å². The number of hydrogen-bond acceptors (Lipinski definition) is 3. The molecule has 5 heteroatoms. The fourth-order valence-corrected chi connectivity index (χ4v) is 0.705. The highest BCUT2D eigenvalue weighted by atomic mass is 16.3. The van der Waals surface area contributed by atoms with Gasteiger partial charge in [-0.3, -0.25) is 9.59 Å². The van der Waals surface area contributed by atoms with Gasteiger partial charge in [0, 0.05) is 12.6 Å². The van der Waals surface area contributed by atoms with E-state index in [0.717, 1.165) is 0 Å². The predicted octanol–water partition coefficient (Wildman–Crippen LogP) is -0.602. The molecule has 0 unspecified atom stereocenters. The number of rotatable bonds is 3. The molecular formula is C9H18N2O3. The van der Waals surface area contributed by atoms with Gasteiger partial charge in [0.2, 0.25) is 0 Å². The highest BCUT2D eigenvalue weighted by Crippen LogP contribution is 1.96. The second kappa shape index (κ2) is 4.95. The molecule has 0 spiro atoms. The minimum Gasteiger partial charge on any atom is -0.389 e. The Morgan fingerprint density at radius 3 is 2.14 bits per heavy atom. The van der Waals surface area contributed by atoms with Crippen molar-refractivity contribution in [1.82, 2.24) is 10.6 Å². The molecule has 0 atom stereocenters. The van der Waals surface area contributed by atoms with Crippen LogP contribution in [0.15, 0.2) is 0 Å². The quantitative estimate of drug-likeness (QED) is 0.535. The van der Waals surface area contributed by atoms with Crippen molar-refractivity contribution in [2.24, 2.45) is 0 Å². The van der Waals surface area contributed by atoms with Crippen LogP contribution in [0.25, 0.3) is 0 Å². The summed E-state index contributed by atoms with van der Waals surface area (Å²) in [4.78, 5) is 22.2.